The first kappa shape index (κ1) is 20.3. The van der Waals surface area contributed by atoms with Crippen LogP contribution in [0.2, 0.25) is 0 Å². The van der Waals surface area contributed by atoms with Crippen molar-refractivity contribution in [1.82, 2.24) is 15.3 Å². The Morgan fingerprint density at radius 1 is 1.14 bits per heavy atom. The van der Waals surface area contributed by atoms with Gasteiger partial charge in [-0.3, -0.25) is 4.98 Å². The number of rotatable bonds is 10. The van der Waals surface area contributed by atoms with Gasteiger partial charge in [0.1, 0.15) is 6.61 Å². The Hall–Kier alpha value is -2.44. The van der Waals surface area contributed by atoms with Crippen molar-refractivity contribution in [1.29, 1.82) is 0 Å². The van der Waals surface area contributed by atoms with E-state index >= 15 is 0 Å². The Morgan fingerprint density at radius 3 is 2.75 bits per heavy atom. The molecule has 1 N–H and O–H groups in total. The number of hydrogen-bond acceptors (Lipinski definition) is 6. The summed E-state index contributed by atoms with van der Waals surface area (Å²) in [6.45, 7) is 6.48. The predicted molar refractivity (Wildman–Crippen MR) is 113 cm³/mol. The van der Waals surface area contributed by atoms with Gasteiger partial charge in [-0.2, -0.15) is 0 Å². The fourth-order valence-corrected chi connectivity index (χ4v) is 3.61. The molecule has 0 aliphatic heterocycles. The Bertz CT molecular complexity index is 865. The van der Waals surface area contributed by atoms with E-state index in [9.17, 15) is 0 Å². The quantitative estimate of drug-likeness (QED) is 0.508. The molecule has 0 atom stereocenters. The third-order valence-electron chi connectivity index (χ3n) is 4.30. The minimum atomic E-state index is 0.461. The lowest BCUT2D eigenvalue weighted by Crippen LogP contribution is -2.17. The molecule has 3 rings (SSSR count). The Labute approximate surface area is 170 Å². The summed E-state index contributed by atoms with van der Waals surface area (Å²) in [6, 6.07) is 9.94. The van der Waals surface area contributed by atoms with Gasteiger partial charge < -0.3 is 14.8 Å². The molecule has 0 aliphatic rings. The first-order valence-corrected chi connectivity index (χ1v) is 10.4. The van der Waals surface area contributed by atoms with Crippen molar-refractivity contribution < 1.29 is 9.47 Å². The maximum absolute atomic E-state index is 5.95. The molecule has 0 aliphatic carbocycles. The van der Waals surface area contributed by atoms with Gasteiger partial charge in [0.25, 0.3) is 0 Å². The molecule has 0 saturated heterocycles. The molecule has 0 amide bonds. The molecule has 0 unspecified atom stereocenters. The monoisotopic (exact) mass is 397 g/mol. The molecule has 0 fully saturated rings. The van der Waals surface area contributed by atoms with Crippen LogP contribution in [0.5, 0.6) is 11.5 Å². The molecule has 0 saturated carbocycles. The number of nitrogens with zero attached hydrogens (tertiary/aromatic N) is 2. The van der Waals surface area contributed by atoms with Crippen molar-refractivity contribution in [2.75, 3.05) is 13.7 Å². The molecule has 148 valence electrons. The number of pyridine rings is 1. The van der Waals surface area contributed by atoms with Crippen LogP contribution in [0.4, 0.5) is 0 Å². The number of nitrogens with one attached hydrogen (secondary N) is 1. The van der Waals surface area contributed by atoms with Gasteiger partial charge >= 0.3 is 0 Å². The first-order valence-electron chi connectivity index (χ1n) is 9.49. The van der Waals surface area contributed by atoms with E-state index in [2.05, 4.69) is 40.6 Å². The summed E-state index contributed by atoms with van der Waals surface area (Å²) >= 11 is 1.75. The van der Waals surface area contributed by atoms with Crippen LogP contribution in [-0.2, 0) is 19.6 Å². The van der Waals surface area contributed by atoms with Gasteiger partial charge in [-0.1, -0.05) is 26.0 Å². The van der Waals surface area contributed by atoms with E-state index in [1.165, 1.54) is 5.01 Å². The molecule has 5 nitrogen and oxygen atoms in total. The van der Waals surface area contributed by atoms with Crippen molar-refractivity contribution in [2.45, 2.75) is 39.3 Å². The largest absolute Gasteiger partial charge is 0.493 e. The standard InChI is InChI=1S/C22H27N3O2S/c1-16(2)22-25-19(15-28-22)8-10-24-12-17-6-7-20(26-3)21(11-17)27-14-18-5-4-9-23-13-18/h4-7,9,11,13,15-16,24H,8,10,12,14H2,1-3H3. The summed E-state index contributed by atoms with van der Waals surface area (Å²) in [7, 11) is 1.66. The van der Waals surface area contributed by atoms with E-state index in [4.69, 9.17) is 9.47 Å². The van der Waals surface area contributed by atoms with Crippen LogP contribution in [0.25, 0.3) is 0 Å². The fraction of sp³-hybridized carbons (Fsp3) is 0.364. The average Bonchev–Trinajstić information content (AvgIpc) is 3.20. The number of hydrogen-bond donors (Lipinski definition) is 1. The second-order valence-corrected chi connectivity index (χ2v) is 7.78. The van der Waals surface area contributed by atoms with Crippen LogP contribution in [0.15, 0.2) is 48.1 Å². The van der Waals surface area contributed by atoms with Gasteiger partial charge in [0, 0.05) is 48.8 Å². The number of methoxy groups -OCH3 is 1. The van der Waals surface area contributed by atoms with Crippen LogP contribution >= 0.6 is 11.3 Å². The molecule has 28 heavy (non-hydrogen) atoms. The highest BCUT2D eigenvalue weighted by Gasteiger charge is 2.08. The second-order valence-electron chi connectivity index (χ2n) is 6.89. The van der Waals surface area contributed by atoms with Gasteiger partial charge in [0.2, 0.25) is 0 Å². The number of benzene rings is 1. The van der Waals surface area contributed by atoms with Gasteiger partial charge in [-0.15, -0.1) is 11.3 Å². The van der Waals surface area contributed by atoms with Crippen LogP contribution in [0.1, 0.15) is 41.6 Å². The van der Waals surface area contributed by atoms with Crippen LogP contribution in [-0.4, -0.2) is 23.6 Å². The third-order valence-corrected chi connectivity index (χ3v) is 5.49. The Morgan fingerprint density at radius 2 is 2.04 bits per heavy atom. The third kappa shape index (κ3) is 5.78. The molecule has 1 aromatic carbocycles. The van der Waals surface area contributed by atoms with E-state index in [0.29, 0.717) is 12.5 Å². The first-order chi connectivity index (χ1) is 13.7. The van der Waals surface area contributed by atoms with E-state index < -0.39 is 0 Å². The molecular formula is C22H27N3O2S. The smallest absolute Gasteiger partial charge is 0.161 e. The lowest BCUT2D eigenvalue weighted by Gasteiger charge is -2.13. The van der Waals surface area contributed by atoms with Gasteiger partial charge in [-0.05, 0) is 23.8 Å². The highest BCUT2D eigenvalue weighted by atomic mass is 32.1. The zero-order chi connectivity index (χ0) is 19.8. The minimum Gasteiger partial charge on any atom is -0.493 e. The normalized spacial score (nSPS) is 11.0. The lowest BCUT2D eigenvalue weighted by molar-refractivity contribution is 0.284. The zero-order valence-corrected chi connectivity index (χ0v) is 17.5. The van der Waals surface area contributed by atoms with E-state index in [1.807, 2.05) is 24.3 Å². The van der Waals surface area contributed by atoms with Crippen molar-refractivity contribution in [3.63, 3.8) is 0 Å². The fourth-order valence-electron chi connectivity index (χ4n) is 2.74. The highest BCUT2D eigenvalue weighted by Crippen LogP contribution is 2.29. The van der Waals surface area contributed by atoms with E-state index in [-0.39, 0.29) is 0 Å². The van der Waals surface area contributed by atoms with Crippen LogP contribution in [0, 0.1) is 0 Å². The number of aromatic nitrogens is 2. The van der Waals surface area contributed by atoms with Gasteiger partial charge in [0.15, 0.2) is 11.5 Å². The Balaban J connectivity index is 1.52. The highest BCUT2D eigenvalue weighted by molar-refractivity contribution is 7.09. The topological polar surface area (TPSA) is 56.3 Å². The summed E-state index contributed by atoms with van der Waals surface area (Å²) in [5, 5.41) is 6.86. The number of ether oxygens (including phenoxy) is 2. The zero-order valence-electron chi connectivity index (χ0n) is 16.6. The Kier molecular flexibility index (Phi) is 7.39. The second kappa shape index (κ2) is 10.2. The van der Waals surface area contributed by atoms with Crippen molar-refractivity contribution in [3.8, 4) is 11.5 Å². The summed E-state index contributed by atoms with van der Waals surface area (Å²) < 4.78 is 11.4. The molecule has 0 radical (unpaired) electrons. The molecular weight excluding hydrogens is 370 g/mol. The van der Waals surface area contributed by atoms with Gasteiger partial charge in [0.05, 0.1) is 17.8 Å². The van der Waals surface area contributed by atoms with Crippen molar-refractivity contribution in [3.05, 3.63) is 69.9 Å². The molecule has 0 bridgehead atoms. The number of thiazole rings is 1. The molecule has 2 heterocycles. The predicted octanol–water partition coefficient (Wildman–Crippen LogP) is 4.58. The summed E-state index contributed by atoms with van der Waals surface area (Å²) in [5.74, 6) is 1.97. The maximum atomic E-state index is 5.95. The molecule has 3 aromatic rings. The summed E-state index contributed by atoms with van der Waals surface area (Å²) in [6.07, 6.45) is 4.50. The van der Waals surface area contributed by atoms with Gasteiger partial charge in [-0.25, -0.2) is 4.98 Å². The lowest BCUT2D eigenvalue weighted by atomic mass is 10.2. The van der Waals surface area contributed by atoms with Crippen molar-refractivity contribution in [2.24, 2.45) is 0 Å². The molecule has 6 heteroatoms. The molecule has 2 aromatic heterocycles. The van der Waals surface area contributed by atoms with Crippen LogP contribution in [0.3, 0.4) is 0 Å². The average molecular weight is 398 g/mol. The SMILES string of the molecule is COc1ccc(CNCCc2csc(C(C)C)n2)cc1OCc1cccnc1. The van der Waals surface area contributed by atoms with Crippen LogP contribution < -0.4 is 14.8 Å². The van der Waals surface area contributed by atoms with Crippen molar-refractivity contribution >= 4 is 11.3 Å². The summed E-state index contributed by atoms with van der Waals surface area (Å²) in [5.41, 5.74) is 3.34. The van der Waals surface area contributed by atoms with E-state index in [1.54, 1.807) is 30.8 Å². The minimum absolute atomic E-state index is 0.461. The van der Waals surface area contributed by atoms with E-state index in [0.717, 1.165) is 47.8 Å². The maximum Gasteiger partial charge on any atom is 0.161 e. The molecule has 0 spiro atoms. The summed E-state index contributed by atoms with van der Waals surface area (Å²) in [4.78, 5) is 8.80.